The number of hydrogen-bond donors (Lipinski definition) is 2. The molecule has 0 bridgehead atoms. The van der Waals surface area contributed by atoms with Gasteiger partial charge in [0.1, 0.15) is 0 Å². The lowest BCUT2D eigenvalue weighted by Gasteiger charge is -2.08. The van der Waals surface area contributed by atoms with Crippen molar-refractivity contribution in [3.05, 3.63) is 0 Å². The Morgan fingerprint density at radius 1 is 1.80 bits per heavy atom. The highest BCUT2D eigenvalue weighted by Crippen LogP contribution is 2.09. The minimum atomic E-state index is -0.790. The number of urea groups is 1. The maximum atomic E-state index is 10.7. The van der Waals surface area contributed by atoms with E-state index in [1.165, 1.54) is 0 Å². The van der Waals surface area contributed by atoms with Crippen molar-refractivity contribution in [2.24, 2.45) is 5.73 Å². The van der Waals surface area contributed by atoms with Crippen LogP contribution in [-0.4, -0.2) is 34.6 Å². The highest BCUT2D eigenvalue weighted by Gasteiger charge is 2.30. The smallest absolute Gasteiger partial charge is 0.321 e. The van der Waals surface area contributed by atoms with E-state index in [9.17, 15) is 9.59 Å². The van der Waals surface area contributed by atoms with Crippen LogP contribution in [0.15, 0.2) is 0 Å². The molecule has 0 aromatic rings. The molecule has 5 nitrogen and oxygen atoms in total. The zero-order valence-electron chi connectivity index (χ0n) is 5.28. The van der Waals surface area contributed by atoms with Gasteiger partial charge in [-0.1, -0.05) is 0 Å². The molecule has 0 saturated carbocycles. The van der Waals surface area contributed by atoms with E-state index >= 15 is 0 Å². The lowest BCUT2D eigenvalue weighted by Crippen LogP contribution is -2.37. The second-order valence-corrected chi connectivity index (χ2v) is 2.20. The van der Waals surface area contributed by atoms with Crippen LogP contribution in [-0.2, 0) is 4.79 Å². The first-order chi connectivity index (χ1) is 4.61. The summed E-state index contributed by atoms with van der Waals surface area (Å²) in [5.74, 6) is -0.403. The zero-order chi connectivity index (χ0) is 7.72. The van der Waals surface area contributed by atoms with Gasteiger partial charge in [0.05, 0.1) is 19.1 Å². The molecular formula is C5H8N2O3. The van der Waals surface area contributed by atoms with Gasteiger partial charge in [-0.2, -0.15) is 0 Å². The quantitative estimate of drug-likeness (QED) is 0.441. The van der Waals surface area contributed by atoms with E-state index in [1.54, 1.807) is 0 Å². The summed E-state index contributed by atoms with van der Waals surface area (Å²) >= 11 is 0. The van der Waals surface area contributed by atoms with Gasteiger partial charge in [0.15, 0.2) is 0 Å². The third-order valence-electron chi connectivity index (χ3n) is 1.37. The fourth-order valence-electron chi connectivity index (χ4n) is 0.902. The Balaban J connectivity index is 2.63. The summed E-state index contributed by atoms with van der Waals surface area (Å²) in [6.45, 7) is 0.0359. The van der Waals surface area contributed by atoms with Gasteiger partial charge in [-0.25, -0.2) is 4.79 Å². The highest BCUT2D eigenvalue weighted by molar-refractivity contribution is 5.95. The maximum Gasteiger partial charge on any atom is 0.321 e. The number of nitrogens with two attached hydrogens (primary N) is 1. The SMILES string of the molecule is NC(=O)N1CC(O)CC1=O. The summed E-state index contributed by atoms with van der Waals surface area (Å²) in [6, 6.07) is -0.790. The Bertz CT molecular complexity index is 180. The Hall–Kier alpha value is -1.10. The van der Waals surface area contributed by atoms with Gasteiger partial charge in [0, 0.05) is 0 Å². The number of aliphatic hydroxyl groups excluding tert-OH is 1. The highest BCUT2D eigenvalue weighted by atomic mass is 16.3. The molecule has 3 amide bonds. The summed E-state index contributed by atoms with van der Waals surface area (Å²) in [5, 5.41) is 8.85. The van der Waals surface area contributed by atoms with Crippen molar-refractivity contribution in [1.82, 2.24) is 4.90 Å². The molecule has 0 aliphatic carbocycles. The van der Waals surface area contributed by atoms with Crippen LogP contribution in [0, 0.1) is 0 Å². The van der Waals surface area contributed by atoms with Gasteiger partial charge in [0.25, 0.3) is 0 Å². The summed E-state index contributed by atoms with van der Waals surface area (Å²) in [6.07, 6.45) is -0.733. The Morgan fingerprint density at radius 2 is 2.40 bits per heavy atom. The van der Waals surface area contributed by atoms with Crippen molar-refractivity contribution >= 4 is 11.9 Å². The van der Waals surface area contributed by atoms with Gasteiger partial charge < -0.3 is 10.8 Å². The normalized spacial score (nSPS) is 25.5. The standard InChI is InChI=1S/C5H8N2O3/c6-5(10)7-2-3(8)1-4(7)9/h3,8H,1-2H2,(H2,6,10). The first-order valence-electron chi connectivity index (χ1n) is 2.89. The van der Waals surface area contributed by atoms with Crippen molar-refractivity contribution in [1.29, 1.82) is 0 Å². The van der Waals surface area contributed by atoms with Crippen molar-refractivity contribution in [3.8, 4) is 0 Å². The predicted octanol–water partition coefficient (Wildman–Crippen LogP) is -1.34. The topological polar surface area (TPSA) is 83.6 Å². The Morgan fingerprint density at radius 3 is 2.60 bits per heavy atom. The molecule has 1 aliphatic rings. The number of rotatable bonds is 0. The molecule has 0 aromatic heterocycles. The van der Waals surface area contributed by atoms with Gasteiger partial charge >= 0.3 is 6.03 Å². The van der Waals surface area contributed by atoms with Crippen LogP contribution in [0.2, 0.25) is 0 Å². The van der Waals surface area contributed by atoms with E-state index in [0.29, 0.717) is 0 Å². The molecule has 3 N–H and O–H groups in total. The number of likely N-dealkylation sites (tertiary alicyclic amines) is 1. The number of primary amides is 1. The first kappa shape index (κ1) is 7.01. The molecule has 1 heterocycles. The van der Waals surface area contributed by atoms with Gasteiger partial charge in [-0.05, 0) is 0 Å². The average Bonchev–Trinajstić information content (AvgIpc) is 2.10. The molecule has 5 heteroatoms. The Kier molecular flexibility index (Phi) is 1.58. The zero-order valence-corrected chi connectivity index (χ0v) is 5.28. The number of aliphatic hydroxyl groups is 1. The molecule has 56 valence electrons. The summed E-state index contributed by atoms with van der Waals surface area (Å²) in [7, 11) is 0. The van der Waals surface area contributed by atoms with Gasteiger partial charge in [-0.15, -0.1) is 0 Å². The van der Waals surface area contributed by atoms with E-state index in [0.717, 1.165) is 4.90 Å². The van der Waals surface area contributed by atoms with Crippen LogP contribution < -0.4 is 5.73 Å². The van der Waals surface area contributed by atoms with Gasteiger partial charge in [0.2, 0.25) is 5.91 Å². The molecular weight excluding hydrogens is 136 g/mol. The number of hydrogen-bond acceptors (Lipinski definition) is 3. The number of imide groups is 1. The molecule has 0 spiro atoms. The molecule has 0 aromatic carbocycles. The number of carbonyl (C=O) groups excluding carboxylic acids is 2. The van der Waals surface area contributed by atoms with Crippen LogP contribution >= 0.6 is 0 Å². The summed E-state index contributed by atoms with van der Waals surface area (Å²) in [5.41, 5.74) is 4.81. The third-order valence-corrected chi connectivity index (χ3v) is 1.37. The van der Waals surface area contributed by atoms with Gasteiger partial charge in [-0.3, -0.25) is 9.69 Å². The molecule has 0 radical (unpaired) electrons. The van der Waals surface area contributed by atoms with E-state index in [2.05, 4.69) is 0 Å². The van der Waals surface area contributed by atoms with Crippen molar-refractivity contribution < 1.29 is 14.7 Å². The summed E-state index contributed by atoms with van der Waals surface area (Å²) in [4.78, 5) is 21.9. The van der Waals surface area contributed by atoms with Crippen molar-refractivity contribution in [2.45, 2.75) is 12.5 Å². The fraction of sp³-hybridized carbons (Fsp3) is 0.600. The minimum absolute atomic E-state index is 0.00292. The van der Waals surface area contributed by atoms with Crippen LogP contribution in [0.25, 0.3) is 0 Å². The number of nitrogens with zero attached hydrogens (tertiary/aromatic N) is 1. The van der Waals surface area contributed by atoms with E-state index in [1.807, 2.05) is 0 Å². The monoisotopic (exact) mass is 144 g/mol. The molecule has 1 unspecified atom stereocenters. The van der Waals surface area contributed by atoms with E-state index in [-0.39, 0.29) is 13.0 Å². The summed E-state index contributed by atoms with van der Waals surface area (Å²) < 4.78 is 0. The van der Waals surface area contributed by atoms with Crippen LogP contribution in [0.5, 0.6) is 0 Å². The van der Waals surface area contributed by atoms with Crippen molar-refractivity contribution in [2.75, 3.05) is 6.54 Å². The number of β-amino-alcohol motifs (C(OH)–C–C–N with tert-alkyl or cyclic N) is 1. The average molecular weight is 144 g/mol. The molecule has 1 atom stereocenters. The second kappa shape index (κ2) is 2.26. The van der Waals surface area contributed by atoms with Crippen LogP contribution in [0.1, 0.15) is 6.42 Å². The molecule has 1 rings (SSSR count). The first-order valence-corrected chi connectivity index (χ1v) is 2.89. The van der Waals surface area contributed by atoms with Crippen LogP contribution in [0.4, 0.5) is 4.79 Å². The van der Waals surface area contributed by atoms with Crippen LogP contribution in [0.3, 0.4) is 0 Å². The van der Waals surface area contributed by atoms with Crippen molar-refractivity contribution in [3.63, 3.8) is 0 Å². The second-order valence-electron chi connectivity index (χ2n) is 2.20. The fourth-order valence-corrected chi connectivity index (χ4v) is 0.902. The molecule has 1 saturated heterocycles. The lowest BCUT2D eigenvalue weighted by molar-refractivity contribution is -0.125. The molecule has 1 aliphatic heterocycles. The number of amides is 3. The molecule has 1 fully saturated rings. The largest absolute Gasteiger partial charge is 0.391 e. The Labute approximate surface area is 57.4 Å². The van der Waals surface area contributed by atoms with E-state index < -0.39 is 18.0 Å². The third kappa shape index (κ3) is 1.08. The predicted molar refractivity (Wildman–Crippen MR) is 31.9 cm³/mol. The minimum Gasteiger partial charge on any atom is -0.391 e. The molecule has 10 heavy (non-hydrogen) atoms. The number of carbonyl (C=O) groups is 2. The maximum absolute atomic E-state index is 10.7. The van der Waals surface area contributed by atoms with E-state index in [4.69, 9.17) is 10.8 Å². The lowest BCUT2D eigenvalue weighted by atomic mass is 10.3.